The summed E-state index contributed by atoms with van der Waals surface area (Å²) in [7, 11) is 1.17. The van der Waals surface area contributed by atoms with Crippen LogP contribution in [0.25, 0.3) is 0 Å². The van der Waals surface area contributed by atoms with E-state index < -0.39 is 11.9 Å². The molecular weight excluding hydrogens is 204 g/mol. The van der Waals surface area contributed by atoms with Crippen molar-refractivity contribution < 1.29 is 29.0 Å². The van der Waals surface area contributed by atoms with Crippen LogP contribution in [0.1, 0.15) is 6.92 Å². The number of carbonyl (C=O) groups is 3. The molecule has 0 unspecified atom stereocenters. The second-order valence-corrected chi connectivity index (χ2v) is 2.19. The van der Waals surface area contributed by atoms with Gasteiger partial charge in [-0.2, -0.15) is 0 Å². The molecule has 0 aliphatic carbocycles. The van der Waals surface area contributed by atoms with Gasteiger partial charge >= 0.3 is 11.9 Å². The molecule has 0 saturated heterocycles. The molecule has 0 aliphatic rings. The summed E-state index contributed by atoms with van der Waals surface area (Å²) in [5, 5.41) is 6.89. The van der Waals surface area contributed by atoms with E-state index in [9.17, 15) is 9.59 Å². The van der Waals surface area contributed by atoms with Gasteiger partial charge in [-0.25, -0.2) is 9.59 Å². The highest BCUT2D eigenvalue weighted by Gasteiger charge is 2.12. The first kappa shape index (κ1) is 15.4. The fourth-order valence-corrected chi connectivity index (χ4v) is 0.355. The fourth-order valence-electron chi connectivity index (χ4n) is 0.355. The molecule has 15 heavy (non-hydrogen) atoms. The number of esters is 2. The number of ether oxygens (including phenoxy) is 2. The second kappa shape index (κ2) is 8.49. The van der Waals surface area contributed by atoms with E-state index in [1.54, 1.807) is 0 Å². The molecule has 0 atom stereocenters. The lowest BCUT2D eigenvalue weighted by atomic mass is 10.4. The van der Waals surface area contributed by atoms with Crippen molar-refractivity contribution >= 4 is 18.4 Å². The maximum Gasteiger partial charge on any atom is 0.373 e. The normalized spacial score (nSPS) is 7.60. The maximum atomic E-state index is 10.8. The Kier molecular flexibility index (Phi) is 8.69. The third kappa shape index (κ3) is 8.23. The Hall–Kier alpha value is -2.11. The lowest BCUT2D eigenvalue weighted by Crippen LogP contribution is -2.12. The molecule has 0 bridgehead atoms. The number of rotatable bonds is 3. The average Bonchev–Trinajstić information content (AvgIpc) is 2.17. The van der Waals surface area contributed by atoms with Gasteiger partial charge in [0, 0.05) is 5.57 Å². The lowest BCUT2D eigenvalue weighted by molar-refractivity contribution is -0.147. The van der Waals surface area contributed by atoms with Crippen molar-refractivity contribution in [3.05, 3.63) is 24.5 Å². The smallest absolute Gasteiger partial charge is 0.373 e. The van der Waals surface area contributed by atoms with Crippen molar-refractivity contribution in [2.45, 2.75) is 6.92 Å². The van der Waals surface area contributed by atoms with Gasteiger partial charge in [0.15, 0.2) is 0 Å². The van der Waals surface area contributed by atoms with Crippen molar-refractivity contribution in [2.24, 2.45) is 0 Å². The molecule has 0 aromatic carbocycles. The van der Waals surface area contributed by atoms with Gasteiger partial charge in [-0.05, 0) is 13.5 Å². The van der Waals surface area contributed by atoms with Gasteiger partial charge in [-0.3, -0.25) is 4.79 Å². The van der Waals surface area contributed by atoms with E-state index in [2.05, 4.69) is 22.6 Å². The van der Waals surface area contributed by atoms with Crippen LogP contribution in [-0.4, -0.2) is 30.6 Å². The summed E-state index contributed by atoms with van der Waals surface area (Å²) in [5.41, 5.74) is 0.194. The molecular formula is C9H12O6. The van der Waals surface area contributed by atoms with Crippen LogP contribution in [0.4, 0.5) is 0 Å². The molecule has 0 radical (unpaired) electrons. The quantitative estimate of drug-likeness (QED) is 0.319. The molecule has 0 rings (SSSR count). The monoisotopic (exact) mass is 216 g/mol. The Bertz CT molecular complexity index is 278. The Morgan fingerprint density at radius 3 is 1.93 bits per heavy atom. The van der Waals surface area contributed by atoms with Crippen molar-refractivity contribution in [2.75, 3.05) is 7.11 Å². The van der Waals surface area contributed by atoms with Crippen molar-refractivity contribution in [1.82, 2.24) is 0 Å². The molecule has 1 N–H and O–H groups in total. The highest BCUT2D eigenvalue weighted by Crippen LogP contribution is 2.01. The van der Waals surface area contributed by atoms with Crippen LogP contribution in [0.5, 0.6) is 0 Å². The summed E-state index contributed by atoms with van der Waals surface area (Å²) >= 11 is 0. The molecule has 6 heteroatoms. The van der Waals surface area contributed by atoms with Gasteiger partial charge in [0.1, 0.15) is 0 Å². The first-order chi connectivity index (χ1) is 6.90. The summed E-state index contributed by atoms with van der Waals surface area (Å²) in [5.74, 6) is -1.81. The van der Waals surface area contributed by atoms with Crippen LogP contribution < -0.4 is 0 Å². The van der Waals surface area contributed by atoms with E-state index in [1.165, 1.54) is 14.0 Å². The molecule has 0 aromatic rings. The number of methoxy groups -OCH3 is 1. The van der Waals surface area contributed by atoms with E-state index >= 15 is 0 Å². The number of hydrogen-bond donors (Lipinski definition) is 1. The van der Waals surface area contributed by atoms with Crippen LogP contribution in [0, 0.1) is 0 Å². The fraction of sp³-hybridized carbons (Fsp3) is 0.222. The molecule has 0 aliphatic heterocycles. The molecule has 0 heterocycles. The first-order valence-corrected chi connectivity index (χ1v) is 3.63. The minimum absolute atomic E-state index is 0.194. The van der Waals surface area contributed by atoms with Gasteiger partial charge in [0.2, 0.25) is 5.76 Å². The van der Waals surface area contributed by atoms with Gasteiger partial charge in [-0.1, -0.05) is 6.58 Å². The average molecular weight is 216 g/mol. The van der Waals surface area contributed by atoms with Crippen LogP contribution in [0.2, 0.25) is 0 Å². The van der Waals surface area contributed by atoms with E-state index in [0.717, 1.165) is 0 Å². The van der Waals surface area contributed by atoms with Crippen LogP contribution in [0.15, 0.2) is 24.5 Å². The molecule has 0 saturated carbocycles. The Morgan fingerprint density at radius 2 is 1.67 bits per heavy atom. The molecule has 84 valence electrons. The molecule has 0 spiro atoms. The zero-order chi connectivity index (χ0) is 12.4. The van der Waals surface area contributed by atoms with E-state index in [0.29, 0.717) is 0 Å². The third-order valence-corrected chi connectivity index (χ3v) is 0.977. The Labute approximate surface area is 86.8 Å². The highest BCUT2D eigenvalue weighted by atomic mass is 16.6. The summed E-state index contributed by atoms with van der Waals surface area (Å²) in [6.45, 7) is 7.73. The molecule has 0 aromatic heterocycles. The van der Waals surface area contributed by atoms with E-state index in [4.69, 9.17) is 9.90 Å². The molecule has 6 nitrogen and oxygen atoms in total. The predicted molar refractivity (Wildman–Crippen MR) is 50.8 cm³/mol. The number of carboxylic acid groups (broad SMARTS) is 1. The predicted octanol–water partition coefficient (Wildman–Crippen LogP) is 0.493. The lowest BCUT2D eigenvalue weighted by Gasteiger charge is -2.03. The Balaban J connectivity index is 0. The van der Waals surface area contributed by atoms with Crippen molar-refractivity contribution in [3.8, 4) is 0 Å². The van der Waals surface area contributed by atoms with Gasteiger partial charge < -0.3 is 14.6 Å². The summed E-state index contributed by atoms with van der Waals surface area (Å²) in [6.07, 6.45) is 0. The Morgan fingerprint density at radius 1 is 1.27 bits per heavy atom. The topological polar surface area (TPSA) is 89.9 Å². The number of carbonyl (C=O) groups excluding carboxylic acids is 2. The van der Waals surface area contributed by atoms with Crippen LogP contribution in [-0.2, 0) is 23.9 Å². The minimum Gasteiger partial charge on any atom is -0.483 e. The van der Waals surface area contributed by atoms with Crippen molar-refractivity contribution in [3.63, 3.8) is 0 Å². The van der Waals surface area contributed by atoms with Gasteiger partial charge in [0.25, 0.3) is 6.47 Å². The first-order valence-electron chi connectivity index (χ1n) is 3.63. The zero-order valence-corrected chi connectivity index (χ0v) is 8.48. The SMILES string of the molecule is C=C(C)C(=O)OC(=C)C(=O)OC.O=CO. The van der Waals surface area contributed by atoms with Gasteiger partial charge in [-0.15, -0.1) is 0 Å². The van der Waals surface area contributed by atoms with E-state index in [1.807, 2.05) is 0 Å². The van der Waals surface area contributed by atoms with Crippen molar-refractivity contribution in [1.29, 1.82) is 0 Å². The summed E-state index contributed by atoms with van der Waals surface area (Å²) < 4.78 is 8.70. The largest absolute Gasteiger partial charge is 0.483 e. The highest BCUT2D eigenvalue weighted by molar-refractivity contribution is 5.93. The van der Waals surface area contributed by atoms with E-state index in [-0.39, 0.29) is 17.8 Å². The minimum atomic E-state index is -0.774. The van der Waals surface area contributed by atoms with Crippen LogP contribution >= 0.6 is 0 Å². The zero-order valence-electron chi connectivity index (χ0n) is 8.48. The van der Waals surface area contributed by atoms with Gasteiger partial charge in [0.05, 0.1) is 7.11 Å². The summed E-state index contributed by atoms with van der Waals surface area (Å²) in [6, 6.07) is 0. The maximum absolute atomic E-state index is 10.8. The number of hydrogen-bond acceptors (Lipinski definition) is 5. The van der Waals surface area contributed by atoms with Crippen LogP contribution in [0.3, 0.4) is 0 Å². The molecule has 0 amide bonds. The third-order valence-electron chi connectivity index (χ3n) is 0.977. The standard InChI is InChI=1S/C8H10O4.CH2O2/c1-5(2)7(9)12-6(3)8(10)11-4;2-1-3/h1,3H2,2,4H3;1H,(H,2,3). The second-order valence-electron chi connectivity index (χ2n) is 2.19. The molecule has 0 fully saturated rings. The summed E-state index contributed by atoms with van der Waals surface area (Å²) in [4.78, 5) is 29.8.